The fraction of sp³-hybridized carbons (Fsp3) is 0.417. The van der Waals surface area contributed by atoms with E-state index in [1.165, 1.54) is 25.3 Å². The van der Waals surface area contributed by atoms with Crippen LogP contribution in [-0.2, 0) is 16.1 Å². The summed E-state index contributed by atoms with van der Waals surface area (Å²) in [5.41, 5.74) is 3.93. The topological polar surface area (TPSA) is 77.1 Å². The highest BCUT2D eigenvalue weighted by molar-refractivity contribution is 5.97. The van der Waals surface area contributed by atoms with E-state index in [2.05, 4.69) is 42.3 Å². The Bertz CT molecular complexity index is 959. The minimum atomic E-state index is -0.409. The second-order valence-corrected chi connectivity index (χ2v) is 7.87. The molecule has 2 atom stereocenters. The van der Waals surface area contributed by atoms with Crippen LogP contribution in [0.5, 0.6) is 11.5 Å². The fourth-order valence-corrected chi connectivity index (χ4v) is 4.00. The number of hydrogen-bond donors (Lipinski definition) is 1. The Balaban J connectivity index is 1.76. The smallest absolute Gasteiger partial charge is 0.323 e. The molecule has 31 heavy (non-hydrogen) atoms. The molecule has 0 spiro atoms. The fourth-order valence-electron chi connectivity index (χ4n) is 4.00. The number of hydrogen-bond acceptors (Lipinski definition) is 6. The lowest BCUT2D eigenvalue weighted by Gasteiger charge is -2.23. The van der Waals surface area contributed by atoms with Crippen LogP contribution in [0.2, 0.25) is 0 Å². The maximum Gasteiger partial charge on any atom is 0.323 e. The number of carbonyl (C=O) groups is 2. The zero-order valence-corrected chi connectivity index (χ0v) is 18.7. The summed E-state index contributed by atoms with van der Waals surface area (Å²) in [5, 5.41) is 3.05. The third-order valence-electron chi connectivity index (χ3n) is 5.74. The number of methoxy groups -OCH3 is 3. The van der Waals surface area contributed by atoms with Crippen molar-refractivity contribution in [2.45, 2.75) is 38.9 Å². The number of aryl methyl sites for hydroxylation is 2. The molecule has 1 saturated heterocycles. The summed E-state index contributed by atoms with van der Waals surface area (Å²) in [5.74, 6) is 0.511. The Hall–Kier alpha value is -3.06. The molecular formula is C24H30N2O5. The highest BCUT2D eigenvalue weighted by Crippen LogP contribution is 2.27. The van der Waals surface area contributed by atoms with E-state index in [0.717, 1.165) is 5.56 Å². The maximum absolute atomic E-state index is 12.9. The summed E-state index contributed by atoms with van der Waals surface area (Å²) >= 11 is 0. The van der Waals surface area contributed by atoms with Crippen molar-refractivity contribution < 1.29 is 23.8 Å². The van der Waals surface area contributed by atoms with Crippen LogP contribution in [0.4, 0.5) is 0 Å². The highest BCUT2D eigenvalue weighted by atomic mass is 16.5. The minimum absolute atomic E-state index is 0.187. The quantitative estimate of drug-likeness (QED) is 0.686. The Morgan fingerprint density at radius 3 is 2.52 bits per heavy atom. The molecule has 1 heterocycles. The number of nitrogens with one attached hydrogen (secondary N) is 1. The Morgan fingerprint density at radius 1 is 1.06 bits per heavy atom. The summed E-state index contributed by atoms with van der Waals surface area (Å²) in [4.78, 5) is 27.4. The maximum atomic E-state index is 12.9. The van der Waals surface area contributed by atoms with Gasteiger partial charge in [0, 0.05) is 25.2 Å². The Kier molecular flexibility index (Phi) is 7.17. The molecule has 1 amide bonds. The predicted octanol–water partition coefficient (Wildman–Crippen LogP) is 2.87. The monoisotopic (exact) mass is 426 g/mol. The van der Waals surface area contributed by atoms with E-state index in [0.29, 0.717) is 36.6 Å². The van der Waals surface area contributed by atoms with Gasteiger partial charge < -0.3 is 19.5 Å². The molecule has 3 rings (SSSR count). The molecule has 0 unspecified atom stereocenters. The lowest BCUT2D eigenvalue weighted by molar-refractivity contribution is -0.146. The number of esters is 1. The summed E-state index contributed by atoms with van der Waals surface area (Å²) in [6.07, 6.45) is 0.488. The van der Waals surface area contributed by atoms with Crippen LogP contribution >= 0.6 is 0 Å². The van der Waals surface area contributed by atoms with Gasteiger partial charge in [-0.05, 0) is 43.5 Å². The summed E-state index contributed by atoms with van der Waals surface area (Å²) < 4.78 is 15.6. The van der Waals surface area contributed by atoms with Crippen molar-refractivity contribution in [2.24, 2.45) is 0 Å². The van der Waals surface area contributed by atoms with Gasteiger partial charge in [-0.2, -0.15) is 0 Å². The van der Waals surface area contributed by atoms with Crippen molar-refractivity contribution in [3.8, 4) is 11.5 Å². The first-order valence-corrected chi connectivity index (χ1v) is 10.3. The molecule has 0 radical (unpaired) electrons. The van der Waals surface area contributed by atoms with Gasteiger partial charge in [0.25, 0.3) is 5.91 Å². The van der Waals surface area contributed by atoms with Crippen LogP contribution in [0.15, 0.2) is 36.4 Å². The normalized spacial score (nSPS) is 18.5. The van der Waals surface area contributed by atoms with E-state index in [9.17, 15) is 9.59 Å². The average molecular weight is 427 g/mol. The molecule has 166 valence electrons. The predicted molar refractivity (Wildman–Crippen MR) is 118 cm³/mol. The van der Waals surface area contributed by atoms with Gasteiger partial charge in [0.2, 0.25) is 0 Å². The van der Waals surface area contributed by atoms with Crippen molar-refractivity contribution >= 4 is 11.9 Å². The number of amides is 1. The van der Waals surface area contributed by atoms with E-state index in [-0.39, 0.29) is 17.9 Å². The van der Waals surface area contributed by atoms with E-state index in [4.69, 9.17) is 14.2 Å². The third-order valence-corrected chi connectivity index (χ3v) is 5.74. The molecule has 7 heteroatoms. The van der Waals surface area contributed by atoms with E-state index < -0.39 is 6.04 Å². The van der Waals surface area contributed by atoms with Gasteiger partial charge in [0.1, 0.15) is 17.5 Å². The Labute approximate surface area is 183 Å². The number of nitrogens with zero attached hydrogens (tertiary/aromatic N) is 1. The van der Waals surface area contributed by atoms with Gasteiger partial charge in [0.05, 0.1) is 26.9 Å². The zero-order chi connectivity index (χ0) is 22.5. The van der Waals surface area contributed by atoms with Crippen molar-refractivity contribution in [3.05, 3.63) is 58.7 Å². The van der Waals surface area contributed by atoms with Gasteiger partial charge >= 0.3 is 5.97 Å². The molecule has 0 bridgehead atoms. The second-order valence-electron chi connectivity index (χ2n) is 7.87. The number of ether oxygens (including phenoxy) is 3. The van der Waals surface area contributed by atoms with Crippen LogP contribution in [0.3, 0.4) is 0 Å². The van der Waals surface area contributed by atoms with Crippen LogP contribution < -0.4 is 14.8 Å². The van der Waals surface area contributed by atoms with Crippen LogP contribution in [0.25, 0.3) is 0 Å². The van der Waals surface area contributed by atoms with E-state index >= 15 is 0 Å². The first-order valence-electron chi connectivity index (χ1n) is 10.3. The van der Waals surface area contributed by atoms with Crippen molar-refractivity contribution in [1.29, 1.82) is 0 Å². The second kappa shape index (κ2) is 9.83. The van der Waals surface area contributed by atoms with Gasteiger partial charge in [-0.25, -0.2) is 0 Å². The molecule has 1 N–H and O–H groups in total. The van der Waals surface area contributed by atoms with Crippen LogP contribution in [0.1, 0.15) is 33.5 Å². The molecule has 1 aliphatic rings. The molecule has 7 nitrogen and oxygen atoms in total. The Morgan fingerprint density at radius 2 is 1.84 bits per heavy atom. The zero-order valence-electron chi connectivity index (χ0n) is 18.7. The van der Waals surface area contributed by atoms with Crippen LogP contribution in [0, 0.1) is 13.8 Å². The molecule has 2 aromatic carbocycles. The molecule has 2 aromatic rings. The summed E-state index contributed by atoms with van der Waals surface area (Å²) in [6, 6.07) is 10.8. The van der Waals surface area contributed by atoms with Crippen molar-refractivity contribution in [2.75, 3.05) is 27.9 Å². The number of likely N-dealkylation sites (tertiary alicyclic amines) is 1. The standard InChI is InChI=1S/C24H30N2O5/c1-15-6-7-16(2)17(10-15)13-26-14-18(11-21(26)24(28)31-5)25-23(27)20-9-8-19(29-3)12-22(20)30-4/h6-10,12,18,21H,11,13-14H2,1-5H3,(H,25,27)/t18-,21+/m1/s1. The van der Waals surface area contributed by atoms with Gasteiger partial charge in [-0.15, -0.1) is 0 Å². The molecular weight excluding hydrogens is 396 g/mol. The molecule has 1 aliphatic heterocycles. The number of benzene rings is 2. The molecule has 0 aliphatic carbocycles. The molecule has 1 fully saturated rings. The molecule has 0 aromatic heterocycles. The summed E-state index contributed by atoms with van der Waals surface area (Å²) in [7, 11) is 4.47. The minimum Gasteiger partial charge on any atom is -0.497 e. The SMILES string of the molecule is COC(=O)[C@@H]1C[C@@H](NC(=O)c2ccc(OC)cc2OC)CN1Cc1cc(C)ccc1C. The lowest BCUT2D eigenvalue weighted by atomic mass is 10.0. The van der Waals surface area contributed by atoms with Crippen molar-refractivity contribution in [1.82, 2.24) is 10.2 Å². The summed E-state index contributed by atoms with van der Waals surface area (Å²) in [6.45, 7) is 5.28. The number of rotatable bonds is 7. The van der Waals surface area contributed by atoms with Gasteiger partial charge in [0.15, 0.2) is 0 Å². The van der Waals surface area contributed by atoms with Crippen molar-refractivity contribution in [3.63, 3.8) is 0 Å². The number of carbonyl (C=O) groups excluding carboxylic acids is 2. The van der Waals surface area contributed by atoms with E-state index in [1.807, 2.05) is 0 Å². The van der Waals surface area contributed by atoms with E-state index in [1.54, 1.807) is 25.3 Å². The van der Waals surface area contributed by atoms with Crippen LogP contribution in [-0.4, -0.2) is 56.7 Å². The van der Waals surface area contributed by atoms with Gasteiger partial charge in [-0.3, -0.25) is 14.5 Å². The highest BCUT2D eigenvalue weighted by Gasteiger charge is 2.38. The first-order chi connectivity index (χ1) is 14.9. The molecule has 0 saturated carbocycles. The third kappa shape index (κ3) is 5.17. The van der Waals surface area contributed by atoms with Gasteiger partial charge in [-0.1, -0.05) is 23.8 Å². The average Bonchev–Trinajstić information content (AvgIpc) is 3.17. The largest absolute Gasteiger partial charge is 0.497 e. The lowest BCUT2D eigenvalue weighted by Crippen LogP contribution is -2.38. The first kappa shape index (κ1) is 22.6.